The maximum atomic E-state index is 13.4. The SMILES string of the molecule is CC1(CCc2ccccc2)C[C@H](N)c2ccc(F)cc2O1. The number of hydrogen-bond donors (Lipinski definition) is 1. The molecule has 2 aromatic carbocycles. The number of hydrogen-bond acceptors (Lipinski definition) is 2. The Morgan fingerprint density at radius 2 is 2.00 bits per heavy atom. The molecular weight excluding hydrogens is 265 g/mol. The van der Waals surface area contributed by atoms with Gasteiger partial charge in [0.15, 0.2) is 0 Å². The second kappa shape index (κ2) is 5.49. The van der Waals surface area contributed by atoms with Crippen LogP contribution in [0.4, 0.5) is 4.39 Å². The highest BCUT2D eigenvalue weighted by Crippen LogP contribution is 2.40. The van der Waals surface area contributed by atoms with Crippen molar-refractivity contribution in [1.82, 2.24) is 0 Å². The van der Waals surface area contributed by atoms with Gasteiger partial charge in [-0.2, -0.15) is 0 Å². The van der Waals surface area contributed by atoms with Crippen LogP contribution in [0.15, 0.2) is 48.5 Å². The predicted octanol–water partition coefficient (Wildman–Crippen LogP) is 4.00. The Kier molecular flexibility index (Phi) is 3.68. The van der Waals surface area contributed by atoms with E-state index < -0.39 is 0 Å². The number of nitrogens with two attached hydrogens (primary N) is 1. The Morgan fingerprint density at radius 1 is 1.24 bits per heavy atom. The maximum Gasteiger partial charge on any atom is 0.127 e. The van der Waals surface area contributed by atoms with Crippen LogP contribution in [-0.4, -0.2) is 5.60 Å². The monoisotopic (exact) mass is 285 g/mol. The summed E-state index contributed by atoms with van der Waals surface area (Å²) in [6.07, 6.45) is 2.54. The van der Waals surface area contributed by atoms with Crippen LogP contribution in [0.5, 0.6) is 5.75 Å². The third-order valence-corrected chi connectivity index (χ3v) is 4.17. The molecule has 2 nitrogen and oxygen atoms in total. The van der Waals surface area contributed by atoms with Crippen molar-refractivity contribution in [2.24, 2.45) is 5.73 Å². The van der Waals surface area contributed by atoms with Crippen molar-refractivity contribution in [1.29, 1.82) is 0 Å². The fourth-order valence-corrected chi connectivity index (χ4v) is 2.99. The van der Waals surface area contributed by atoms with Gasteiger partial charge in [0, 0.05) is 24.1 Å². The summed E-state index contributed by atoms with van der Waals surface area (Å²) in [5, 5.41) is 0. The Hall–Kier alpha value is -1.87. The maximum absolute atomic E-state index is 13.4. The van der Waals surface area contributed by atoms with Crippen LogP contribution >= 0.6 is 0 Å². The number of halogens is 1. The summed E-state index contributed by atoms with van der Waals surface area (Å²) < 4.78 is 19.5. The van der Waals surface area contributed by atoms with Crippen molar-refractivity contribution in [3.8, 4) is 5.75 Å². The molecule has 0 amide bonds. The third kappa shape index (κ3) is 3.08. The van der Waals surface area contributed by atoms with Gasteiger partial charge in [0.25, 0.3) is 0 Å². The Bertz CT molecular complexity index is 628. The topological polar surface area (TPSA) is 35.2 Å². The molecule has 0 bridgehead atoms. The van der Waals surface area contributed by atoms with E-state index in [0.717, 1.165) is 24.8 Å². The molecule has 0 spiro atoms. The molecule has 3 rings (SSSR count). The third-order valence-electron chi connectivity index (χ3n) is 4.17. The molecule has 1 unspecified atom stereocenters. The number of ether oxygens (including phenoxy) is 1. The largest absolute Gasteiger partial charge is 0.487 e. The lowest BCUT2D eigenvalue weighted by molar-refractivity contribution is 0.0454. The first-order chi connectivity index (χ1) is 10.1. The van der Waals surface area contributed by atoms with Gasteiger partial charge in [-0.3, -0.25) is 0 Å². The van der Waals surface area contributed by atoms with Crippen molar-refractivity contribution < 1.29 is 9.13 Å². The second-order valence-electron chi connectivity index (χ2n) is 6.03. The molecule has 0 saturated heterocycles. The molecule has 110 valence electrons. The molecule has 0 saturated carbocycles. The van der Waals surface area contributed by atoms with Crippen molar-refractivity contribution in [2.75, 3.05) is 0 Å². The van der Waals surface area contributed by atoms with Crippen LogP contribution < -0.4 is 10.5 Å². The molecule has 3 heteroatoms. The Balaban J connectivity index is 1.77. The average Bonchev–Trinajstić information content (AvgIpc) is 2.46. The molecule has 0 radical (unpaired) electrons. The van der Waals surface area contributed by atoms with Gasteiger partial charge in [-0.05, 0) is 31.4 Å². The van der Waals surface area contributed by atoms with Crippen LogP contribution in [0.2, 0.25) is 0 Å². The van der Waals surface area contributed by atoms with Crippen molar-refractivity contribution in [3.05, 3.63) is 65.5 Å². The fourth-order valence-electron chi connectivity index (χ4n) is 2.99. The number of aryl methyl sites for hydroxylation is 1. The molecular formula is C18H20FNO. The zero-order valence-corrected chi connectivity index (χ0v) is 12.2. The van der Waals surface area contributed by atoms with Crippen molar-refractivity contribution in [2.45, 2.75) is 37.8 Å². The van der Waals surface area contributed by atoms with Gasteiger partial charge in [-0.1, -0.05) is 36.4 Å². The van der Waals surface area contributed by atoms with E-state index in [1.54, 1.807) is 6.07 Å². The lowest BCUT2D eigenvalue weighted by Gasteiger charge is -2.39. The highest BCUT2D eigenvalue weighted by molar-refractivity contribution is 5.39. The first-order valence-electron chi connectivity index (χ1n) is 7.34. The molecule has 0 aliphatic carbocycles. The van der Waals surface area contributed by atoms with E-state index in [-0.39, 0.29) is 17.5 Å². The molecule has 21 heavy (non-hydrogen) atoms. The van der Waals surface area contributed by atoms with Crippen LogP contribution in [-0.2, 0) is 6.42 Å². The molecule has 0 fully saturated rings. The number of fused-ring (bicyclic) bond motifs is 1. The first-order valence-corrected chi connectivity index (χ1v) is 7.34. The van der Waals surface area contributed by atoms with E-state index in [0.29, 0.717) is 5.75 Å². The van der Waals surface area contributed by atoms with E-state index in [9.17, 15) is 4.39 Å². The van der Waals surface area contributed by atoms with E-state index in [1.165, 1.54) is 17.7 Å². The van der Waals surface area contributed by atoms with Gasteiger partial charge < -0.3 is 10.5 Å². The van der Waals surface area contributed by atoms with Crippen LogP contribution in [0.25, 0.3) is 0 Å². The highest BCUT2D eigenvalue weighted by atomic mass is 19.1. The summed E-state index contributed by atoms with van der Waals surface area (Å²) in [7, 11) is 0. The van der Waals surface area contributed by atoms with Gasteiger partial charge >= 0.3 is 0 Å². The van der Waals surface area contributed by atoms with Gasteiger partial charge in [0.1, 0.15) is 17.2 Å². The zero-order chi connectivity index (χ0) is 14.9. The average molecular weight is 285 g/mol. The van der Waals surface area contributed by atoms with Gasteiger partial charge in [0.05, 0.1) is 0 Å². The minimum absolute atomic E-state index is 0.102. The minimum atomic E-state index is -0.351. The molecule has 2 atom stereocenters. The molecule has 2 aromatic rings. The lowest BCUT2D eigenvalue weighted by atomic mass is 9.85. The molecule has 1 heterocycles. The minimum Gasteiger partial charge on any atom is -0.487 e. The summed E-state index contributed by atoms with van der Waals surface area (Å²) in [5.74, 6) is 0.303. The van der Waals surface area contributed by atoms with E-state index in [2.05, 4.69) is 19.1 Å². The van der Waals surface area contributed by atoms with E-state index in [1.807, 2.05) is 18.2 Å². The van der Waals surface area contributed by atoms with Crippen LogP contribution in [0.1, 0.15) is 36.9 Å². The van der Waals surface area contributed by atoms with E-state index >= 15 is 0 Å². The molecule has 0 aromatic heterocycles. The summed E-state index contributed by atoms with van der Waals surface area (Å²) >= 11 is 0. The fraction of sp³-hybridized carbons (Fsp3) is 0.333. The van der Waals surface area contributed by atoms with Gasteiger partial charge in [-0.25, -0.2) is 4.39 Å². The summed E-state index contributed by atoms with van der Waals surface area (Å²) in [4.78, 5) is 0. The smallest absolute Gasteiger partial charge is 0.127 e. The highest BCUT2D eigenvalue weighted by Gasteiger charge is 2.35. The van der Waals surface area contributed by atoms with Crippen molar-refractivity contribution in [3.63, 3.8) is 0 Å². The molecule has 1 aliphatic heterocycles. The quantitative estimate of drug-likeness (QED) is 0.925. The summed E-state index contributed by atoms with van der Waals surface area (Å²) in [5.41, 5.74) is 8.06. The van der Waals surface area contributed by atoms with E-state index in [4.69, 9.17) is 10.5 Å². The standard InChI is InChI=1S/C18H20FNO/c1-18(10-9-13-5-3-2-4-6-13)12-16(20)15-8-7-14(19)11-17(15)21-18/h2-8,11,16H,9-10,12,20H2,1H3/t16-,18?/m0/s1. The van der Waals surface area contributed by atoms with Gasteiger partial charge in [-0.15, -0.1) is 0 Å². The zero-order valence-electron chi connectivity index (χ0n) is 12.2. The van der Waals surface area contributed by atoms with Crippen LogP contribution in [0.3, 0.4) is 0 Å². The molecule has 1 aliphatic rings. The Labute approximate surface area is 124 Å². The summed E-state index contributed by atoms with van der Waals surface area (Å²) in [6.45, 7) is 2.06. The Morgan fingerprint density at radius 3 is 2.76 bits per heavy atom. The lowest BCUT2D eigenvalue weighted by Crippen LogP contribution is -2.40. The van der Waals surface area contributed by atoms with Crippen LogP contribution in [0, 0.1) is 5.82 Å². The molecule has 2 N–H and O–H groups in total. The number of rotatable bonds is 3. The normalized spacial score (nSPS) is 24.2. The first kappa shape index (κ1) is 14.1. The second-order valence-corrected chi connectivity index (χ2v) is 6.03. The van der Waals surface area contributed by atoms with Gasteiger partial charge in [0.2, 0.25) is 0 Å². The van der Waals surface area contributed by atoms with Crippen molar-refractivity contribution >= 4 is 0 Å². The number of benzene rings is 2. The predicted molar refractivity (Wildman–Crippen MR) is 81.7 cm³/mol. The summed E-state index contributed by atoms with van der Waals surface area (Å²) in [6, 6.07) is 14.8.